The number of allylic oxidation sites excluding steroid dienone is 1. The summed E-state index contributed by atoms with van der Waals surface area (Å²) in [5, 5.41) is 2.25. The van der Waals surface area contributed by atoms with Gasteiger partial charge in [0.15, 0.2) is 5.96 Å². The summed E-state index contributed by atoms with van der Waals surface area (Å²) >= 11 is 0. The molecule has 0 radical (unpaired) electrons. The van der Waals surface area contributed by atoms with E-state index in [1.807, 2.05) is 43.3 Å². The minimum absolute atomic E-state index is 0.0490. The minimum Gasteiger partial charge on any atom is -0.496 e. The first-order valence-electron chi connectivity index (χ1n) is 5.95. The summed E-state index contributed by atoms with van der Waals surface area (Å²) in [4.78, 5) is 4.03. The summed E-state index contributed by atoms with van der Waals surface area (Å²) in [5.41, 5.74) is 12.5. The second-order valence-electron chi connectivity index (χ2n) is 4.23. The molecule has 0 spiro atoms. The molecule has 4 heteroatoms. The van der Waals surface area contributed by atoms with Gasteiger partial charge in [-0.05, 0) is 29.8 Å². The van der Waals surface area contributed by atoms with E-state index in [1.54, 1.807) is 7.11 Å². The highest BCUT2D eigenvalue weighted by Crippen LogP contribution is 2.30. The van der Waals surface area contributed by atoms with Crippen molar-refractivity contribution in [1.82, 2.24) is 0 Å². The Balaban J connectivity index is 2.66. The van der Waals surface area contributed by atoms with Gasteiger partial charge in [-0.1, -0.05) is 30.3 Å². The number of fused-ring (bicyclic) bond motifs is 1. The average molecular weight is 255 g/mol. The van der Waals surface area contributed by atoms with Crippen LogP contribution in [0.25, 0.3) is 16.8 Å². The van der Waals surface area contributed by atoms with Gasteiger partial charge in [0.25, 0.3) is 0 Å². The Morgan fingerprint density at radius 2 is 1.89 bits per heavy atom. The maximum absolute atomic E-state index is 5.40. The van der Waals surface area contributed by atoms with E-state index in [1.165, 1.54) is 0 Å². The molecule has 2 aromatic carbocycles. The van der Waals surface area contributed by atoms with E-state index < -0.39 is 0 Å². The Morgan fingerprint density at radius 3 is 2.58 bits per heavy atom. The molecule has 0 aliphatic rings. The van der Waals surface area contributed by atoms with Gasteiger partial charge in [-0.2, -0.15) is 0 Å². The number of nitrogens with two attached hydrogens (primary N) is 2. The number of ether oxygens (including phenoxy) is 1. The van der Waals surface area contributed by atoms with Crippen LogP contribution in [0.3, 0.4) is 0 Å². The largest absolute Gasteiger partial charge is 0.496 e. The second-order valence-corrected chi connectivity index (χ2v) is 4.23. The topological polar surface area (TPSA) is 73.6 Å². The van der Waals surface area contributed by atoms with Crippen molar-refractivity contribution in [3.63, 3.8) is 0 Å². The van der Waals surface area contributed by atoms with E-state index in [4.69, 9.17) is 16.2 Å². The van der Waals surface area contributed by atoms with Crippen molar-refractivity contribution in [2.75, 3.05) is 7.11 Å². The summed E-state index contributed by atoms with van der Waals surface area (Å²) < 4.78 is 5.40. The highest BCUT2D eigenvalue weighted by Gasteiger charge is 2.06. The van der Waals surface area contributed by atoms with Crippen LogP contribution < -0.4 is 16.2 Å². The van der Waals surface area contributed by atoms with Crippen molar-refractivity contribution in [2.24, 2.45) is 16.5 Å². The Hall–Kier alpha value is -2.49. The third kappa shape index (κ3) is 2.85. The van der Waals surface area contributed by atoms with Crippen molar-refractivity contribution < 1.29 is 4.74 Å². The van der Waals surface area contributed by atoms with Crippen LogP contribution >= 0.6 is 0 Å². The molecule has 4 N–H and O–H groups in total. The molecule has 0 heterocycles. The van der Waals surface area contributed by atoms with Gasteiger partial charge in [0.2, 0.25) is 0 Å². The number of aliphatic imine (C=N–C) groups is 1. The normalized spacial score (nSPS) is 11.4. The Morgan fingerprint density at radius 1 is 1.16 bits per heavy atom. The molecule has 0 aromatic heterocycles. The van der Waals surface area contributed by atoms with Gasteiger partial charge >= 0.3 is 0 Å². The number of hydrogen-bond donors (Lipinski definition) is 2. The monoisotopic (exact) mass is 255 g/mol. The highest BCUT2D eigenvalue weighted by atomic mass is 16.5. The molecule has 2 rings (SSSR count). The maximum Gasteiger partial charge on any atom is 0.190 e. The Bertz CT molecular complexity index is 655. The van der Waals surface area contributed by atoms with Crippen LogP contribution in [0.2, 0.25) is 0 Å². The first kappa shape index (κ1) is 13.0. The Labute approximate surface area is 112 Å². The SMILES string of the molecule is COc1ccc2ccccc2c1/C=C(\C)N=C(N)N. The van der Waals surface area contributed by atoms with Crippen LogP contribution in [0.5, 0.6) is 5.75 Å². The molecule has 98 valence electrons. The van der Waals surface area contributed by atoms with E-state index >= 15 is 0 Å². The van der Waals surface area contributed by atoms with Crippen molar-refractivity contribution in [2.45, 2.75) is 6.92 Å². The van der Waals surface area contributed by atoms with Gasteiger partial charge in [0.1, 0.15) is 5.75 Å². The van der Waals surface area contributed by atoms with E-state index in [0.29, 0.717) is 0 Å². The summed E-state index contributed by atoms with van der Waals surface area (Å²) in [6, 6.07) is 12.1. The van der Waals surface area contributed by atoms with E-state index in [0.717, 1.165) is 27.8 Å². The molecule has 0 bridgehead atoms. The van der Waals surface area contributed by atoms with Crippen LogP contribution in [0, 0.1) is 0 Å². The Kier molecular flexibility index (Phi) is 3.71. The van der Waals surface area contributed by atoms with Gasteiger partial charge < -0.3 is 16.2 Å². The molecule has 0 fully saturated rings. The summed E-state index contributed by atoms with van der Waals surface area (Å²) in [5.74, 6) is 0.844. The standard InChI is InChI=1S/C15H17N3O/c1-10(18-15(16)17)9-13-12-6-4-3-5-11(12)7-8-14(13)19-2/h3-9H,1-2H3,(H4,16,17,18)/b10-9+. The molecule has 2 aromatic rings. The highest BCUT2D eigenvalue weighted by molar-refractivity contribution is 5.93. The molecule has 4 nitrogen and oxygen atoms in total. The average Bonchev–Trinajstić information content (AvgIpc) is 2.38. The van der Waals surface area contributed by atoms with Gasteiger partial charge in [-0.25, -0.2) is 4.99 Å². The summed E-state index contributed by atoms with van der Waals surface area (Å²) in [6.07, 6.45) is 1.92. The maximum atomic E-state index is 5.40. The minimum atomic E-state index is 0.0490. The number of nitrogens with zero attached hydrogens (tertiary/aromatic N) is 1. The number of methoxy groups -OCH3 is 1. The lowest BCUT2D eigenvalue weighted by molar-refractivity contribution is 0.414. The van der Waals surface area contributed by atoms with Crippen molar-refractivity contribution in [3.05, 3.63) is 47.7 Å². The lowest BCUT2D eigenvalue weighted by atomic mass is 10.0. The lowest BCUT2D eigenvalue weighted by Gasteiger charge is -2.09. The van der Waals surface area contributed by atoms with Gasteiger partial charge in [-0.3, -0.25) is 0 Å². The summed E-state index contributed by atoms with van der Waals surface area (Å²) in [6.45, 7) is 1.85. The number of benzene rings is 2. The van der Waals surface area contributed by atoms with Crippen LogP contribution in [0.4, 0.5) is 0 Å². The first-order chi connectivity index (χ1) is 9.11. The third-order valence-electron chi connectivity index (χ3n) is 2.81. The third-order valence-corrected chi connectivity index (χ3v) is 2.81. The predicted octanol–water partition coefficient (Wildman–Crippen LogP) is 2.48. The smallest absolute Gasteiger partial charge is 0.190 e. The van der Waals surface area contributed by atoms with E-state index in [9.17, 15) is 0 Å². The molecular weight excluding hydrogens is 238 g/mol. The fourth-order valence-electron chi connectivity index (χ4n) is 2.05. The zero-order valence-electron chi connectivity index (χ0n) is 11.1. The quantitative estimate of drug-likeness (QED) is 0.653. The molecule has 0 saturated carbocycles. The fraction of sp³-hybridized carbons (Fsp3) is 0.133. The molecule has 0 amide bonds. The van der Waals surface area contributed by atoms with E-state index in [2.05, 4.69) is 11.1 Å². The van der Waals surface area contributed by atoms with Crippen LogP contribution in [0.1, 0.15) is 12.5 Å². The molecule has 0 unspecified atom stereocenters. The molecule has 0 aliphatic heterocycles. The van der Waals surface area contributed by atoms with Crippen molar-refractivity contribution in [3.8, 4) is 5.75 Å². The lowest BCUT2D eigenvalue weighted by Crippen LogP contribution is -2.22. The molecular formula is C15H17N3O. The summed E-state index contributed by atoms with van der Waals surface area (Å²) in [7, 11) is 1.65. The van der Waals surface area contributed by atoms with Gasteiger partial charge in [0.05, 0.1) is 7.11 Å². The molecule has 0 aliphatic carbocycles. The predicted molar refractivity (Wildman–Crippen MR) is 80.0 cm³/mol. The van der Waals surface area contributed by atoms with Crippen LogP contribution in [-0.4, -0.2) is 13.1 Å². The van der Waals surface area contributed by atoms with Crippen LogP contribution in [0.15, 0.2) is 47.1 Å². The fourth-order valence-corrected chi connectivity index (χ4v) is 2.05. The first-order valence-corrected chi connectivity index (χ1v) is 5.95. The zero-order chi connectivity index (χ0) is 13.8. The number of guanidine groups is 1. The molecule has 0 saturated heterocycles. The van der Waals surface area contributed by atoms with Crippen molar-refractivity contribution in [1.29, 1.82) is 0 Å². The second kappa shape index (κ2) is 5.44. The van der Waals surface area contributed by atoms with Crippen LogP contribution in [-0.2, 0) is 0 Å². The van der Waals surface area contributed by atoms with Crippen molar-refractivity contribution >= 4 is 22.8 Å². The molecule has 19 heavy (non-hydrogen) atoms. The van der Waals surface area contributed by atoms with Gasteiger partial charge in [0, 0.05) is 11.3 Å². The van der Waals surface area contributed by atoms with Gasteiger partial charge in [-0.15, -0.1) is 0 Å². The van der Waals surface area contributed by atoms with E-state index in [-0.39, 0.29) is 5.96 Å². The number of hydrogen-bond acceptors (Lipinski definition) is 2. The molecule has 0 atom stereocenters. The zero-order valence-corrected chi connectivity index (χ0v) is 11.1. The number of rotatable bonds is 3.